The second-order valence-corrected chi connectivity index (χ2v) is 6.33. The Kier molecular flexibility index (Phi) is 3.61. The van der Waals surface area contributed by atoms with Crippen molar-refractivity contribution < 1.29 is 4.79 Å². The summed E-state index contributed by atoms with van der Waals surface area (Å²) in [6.07, 6.45) is 4.53. The zero-order valence-electron chi connectivity index (χ0n) is 10.0. The maximum atomic E-state index is 11.6. The highest BCUT2D eigenvalue weighted by atomic mass is 79.9. The second-order valence-electron chi connectivity index (χ2n) is 4.24. The molecule has 3 rings (SSSR count). The zero-order chi connectivity index (χ0) is 13.2. The van der Waals surface area contributed by atoms with Crippen LogP contribution in [0.1, 0.15) is 6.42 Å². The van der Waals surface area contributed by atoms with E-state index in [9.17, 15) is 4.79 Å². The van der Waals surface area contributed by atoms with Crippen LogP contribution < -0.4 is 5.32 Å². The molecule has 2 aromatic rings. The van der Waals surface area contributed by atoms with Crippen molar-refractivity contribution in [2.45, 2.75) is 16.8 Å². The van der Waals surface area contributed by atoms with E-state index in [1.54, 1.807) is 6.20 Å². The Bertz CT molecular complexity index is 596. The number of halogens is 1. The van der Waals surface area contributed by atoms with Crippen LogP contribution in [0.3, 0.4) is 0 Å². The fourth-order valence-electron chi connectivity index (χ4n) is 1.99. The summed E-state index contributed by atoms with van der Waals surface area (Å²) in [7, 11) is 0. The Hall–Kier alpha value is -1.27. The predicted molar refractivity (Wildman–Crippen MR) is 78.5 cm³/mol. The second kappa shape index (κ2) is 5.38. The average Bonchev–Trinajstić information content (AvgIpc) is 3.01. The van der Waals surface area contributed by atoms with Gasteiger partial charge in [-0.05, 0) is 30.7 Å². The minimum atomic E-state index is -0.0309. The minimum Gasteiger partial charge on any atom is -0.355 e. The van der Waals surface area contributed by atoms with E-state index in [4.69, 9.17) is 0 Å². The van der Waals surface area contributed by atoms with Crippen molar-refractivity contribution >= 4 is 33.6 Å². The maximum Gasteiger partial charge on any atom is 0.233 e. The third-order valence-electron chi connectivity index (χ3n) is 2.96. The summed E-state index contributed by atoms with van der Waals surface area (Å²) in [6, 6.07) is 8.02. The van der Waals surface area contributed by atoms with Gasteiger partial charge in [0.1, 0.15) is 0 Å². The van der Waals surface area contributed by atoms with Gasteiger partial charge in [0.2, 0.25) is 5.91 Å². The first-order valence-electron chi connectivity index (χ1n) is 5.98. The molecule has 1 saturated heterocycles. The summed E-state index contributed by atoms with van der Waals surface area (Å²) >= 11 is 4.94. The summed E-state index contributed by atoms with van der Waals surface area (Å²) in [6.45, 7) is 0.759. The smallest absolute Gasteiger partial charge is 0.233 e. The third-order valence-corrected chi connectivity index (χ3v) is 4.73. The molecule has 1 fully saturated rings. The quantitative estimate of drug-likeness (QED) is 0.936. The molecule has 6 heteroatoms. The standard InChI is InChI=1S/C13H12BrN3OS/c14-9-1-3-10(4-2-9)17-8-7-16-13(17)19-11-5-6-15-12(11)18/h1-4,7-8,11H,5-6H2,(H,15,18)/t11-/m1/s1. The number of nitrogens with zero attached hydrogens (tertiary/aromatic N) is 2. The van der Waals surface area contributed by atoms with E-state index < -0.39 is 0 Å². The lowest BCUT2D eigenvalue weighted by molar-refractivity contribution is -0.118. The maximum absolute atomic E-state index is 11.6. The van der Waals surface area contributed by atoms with Gasteiger partial charge in [-0.15, -0.1) is 0 Å². The molecule has 1 aromatic carbocycles. The summed E-state index contributed by atoms with van der Waals surface area (Å²) in [5.41, 5.74) is 1.04. The Morgan fingerprint density at radius 3 is 2.84 bits per heavy atom. The number of rotatable bonds is 3. The molecule has 1 amide bonds. The predicted octanol–water partition coefficient (Wildman–Crippen LogP) is 2.62. The lowest BCUT2D eigenvalue weighted by Gasteiger charge is -2.10. The van der Waals surface area contributed by atoms with Gasteiger partial charge in [0.25, 0.3) is 0 Å². The molecule has 1 N–H and O–H groups in total. The monoisotopic (exact) mass is 337 g/mol. The van der Waals surface area contributed by atoms with Gasteiger partial charge in [-0.3, -0.25) is 9.36 Å². The molecule has 0 radical (unpaired) electrons. The molecule has 4 nitrogen and oxygen atoms in total. The van der Waals surface area contributed by atoms with Crippen molar-refractivity contribution in [1.82, 2.24) is 14.9 Å². The van der Waals surface area contributed by atoms with Gasteiger partial charge >= 0.3 is 0 Å². The normalized spacial score (nSPS) is 18.6. The van der Waals surface area contributed by atoms with Crippen LogP contribution in [0, 0.1) is 0 Å². The van der Waals surface area contributed by atoms with Crippen LogP contribution in [0.15, 0.2) is 46.3 Å². The number of carbonyl (C=O) groups excluding carboxylic acids is 1. The Balaban J connectivity index is 1.86. The highest BCUT2D eigenvalue weighted by molar-refractivity contribution is 9.10. The SMILES string of the molecule is O=C1NCC[C@H]1Sc1nccn1-c1ccc(Br)cc1. The van der Waals surface area contributed by atoms with Crippen molar-refractivity contribution in [3.8, 4) is 5.69 Å². The van der Waals surface area contributed by atoms with Crippen LogP contribution in [0.2, 0.25) is 0 Å². The fraction of sp³-hybridized carbons (Fsp3) is 0.231. The van der Waals surface area contributed by atoms with E-state index in [2.05, 4.69) is 26.2 Å². The highest BCUT2D eigenvalue weighted by Gasteiger charge is 2.26. The van der Waals surface area contributed by atoms with Gasteiger partial charge in [-0.1, -0.05) is 27.7 Å². The highest BCUT2D eigenvalue weighted by Crippen LogP contribution is 2.28. The molecular weight excluding hydrogens is 326 g/mol. The van der Waals surface area contributed by atoms with Crippen molar-refractivity contribution in [1.29, 1.82) is 0 Å². The molecule has 98 valence electrons. The van der Waals surface area contributed by atoms with Crippen LogP contribution in [-0.4, -0.2) is 27.3 Å². The van der Waals surface area contributed by atoms with E-state index in [0.717, 1.165) is 28.3 Å². The topological polar surface area (TPSA) is 46.9 Å². The number of benzene rings is 1. The number of nitrogens with one attached hydrogen (secondary N) is 1. The van der Waals surface area contributed by atoms with Gasteiger partial charge in [0, 0.05) is 29.1 Å². The van der Waals surface area contributed by atoms with Gasteiger partial charge in [-0.25, -0.2) is 4.98 Å². The molecule has 1 atom stereocenters. The first kappa shape index (κ1) is 12.7. The van der Waals surface area contributed by atoms with Gasteiger partial charge in [0.05, 0.1) is 5.25 Å². The molecule has 1 aliphatic heterocycles. The summed E-state index contributed by atoms with van der Waals surface area (Å²) in [5, 5.41) is 3.67. The minimum absolute atomic E-state index is 0.0309. The van der Waals surface area contributed by atoms with E-state index in [-0.39, 0.29) is 11.2 Å². The largest absolute Gasteiger partial charge is 0.355 e. The lowest BCUT2D eigenvalue weighted by atomic mass is 10.3. The number of thioether (sulfide) groups is 1. The van der Waals surface area contributed by atoms with Crippen LogP contribution in [0.4, 0.5) is 0 Å². The van der Waals surface area contributed by atoms with Gasteiger partial charge < -0.3 is 5.32 Å². The molecule has 0 aliphatic carbocycles. The van der Waals surface area contributed by atoms with Crippen molar-refractivity contribution in [2.75, 3.05) is 6.54 Å². The van der Waals surface area contributed by atoms with E-state index in [1.165, 1.54) is 11.8 Å². The average molecular weight is 338 g/mol. The van der Waals surface area contributed by atoms with Crippen LogP contribution in [0.5, 0.6) is 0 Å². The number of amides is 1. The number of carbonyl (C=O) groups is 1. The van der Waals surface area contributed by atoms with Gasteiger partial charge in [0.15, 0.2) is 5.16 Å². The fourth-order valence-corrected chi connectivity index (χ4v) is 3.33. The molecular formula is C13H12BrN3OS. The van der Waals surface area contributed by atoms with Crippen molar-refractivity contribution in [3.05, 3.63) is 41.1 Å². The number of hydrogen-bond donors (Lipinski definition) is 1. The first-order valence-corrected chi connectivity index (χ1v) is 7.65. The van der Waals surface area contributed by atoms with Crippen molar-refractivity contribution in [2.24, 2.45) is 0 Å². The zero-order valence-corrected chi connectivity index (χ0v) is 12.4. The molecule has 0 bridgehead atoms. The number of hydrogen-bond acceptors (Lipinski definition) is 3. The van der Waals surface area contributed by atoms with Gasteiger partial charge in [-0.2, -0.15) is 0 Å². The molecule has 0 spiro atoms. The summed E-state index contributed by atoms with van der Waals surface area (Å²) < 4.78 is 3.05. The number of imidazole rings is 1. The molecule has 2 heterocycles. The van der Waals surface area contributed by atoms with Crippen molar-refractivity contribution in [3.63, 3.8) is 0 Å². The Labute approximate surface area is 123 Å². The first-order chi connectivity index (χ1) is 9.24. The molecule has 1 aliphatic rings. The lowest BCUT2D eigenvalue weighted by Crippen LogP contribution is -2.20. The van der Waals surface area contributed by atoms with Crippen LogP contribution in [-0.2, 0) is 4.79 Å². The molecule has 1 aromatic heterocycles. The number of aromatic nitrogens is 2. The van der Waals surface area contributed by atoms with E-state index >= 15 is 0 Å². The Morgan fingerprint density at radius 2 is 2.16 bits per heavy atom. The van der Waals surface area contributed by atoms with E-state index in [0.29, 0.717) is 0 Å². The third kappa shape index (κ3) is 2.69. The van der Waals surface area contributed by atoms with Crippen LogP contribution in [0.25, 0.3) is 5.69 Å². The summed E-state index contributed by atoms with van der Waals surface area (Å²) in [4.78, 5) is 16.0. The molecule has 0 saturated carbocycles. The van der Waals surface area contributed by atoms with Crippen LogP contribution >= 0.6 is 27.7 Å². The Morgan fingerprint density at radius 1 is 1.37 bits per heavy atom. The molecule has 0 unspecified atom stereocenters. The molecule has 19 heavy (non-hydrogen) atoms. The summed E-state index contributed by atoms with van der Waals surface area (Å²) in [5.74, 6) is 0.107. The van der Waals surface area contributed by atoms with E-state index in [1.807, 2.05) is 35.0 Å².